The van der Waals surface area contributed by atoms with Gasteiger partial charge in [-0.15, -0.1) is 0 Å². The summed E-state index contributed by atoms with van der Waals surface area (Å²) < 4.78 is 0. The van der Waals surface area contributed by atoms with Crippen molar-refractivity contribution in [3.8, 4) is 0 Å². The van der Waals surface area contributed by atoms with E-state index in [0.29, 0.717) is 0 Å². The zero-order valence-electron chi connectivity index (χ0n) is 11.9. The smallest absolute Gasteiger partial charge is 0.00714 e. The van der Waals surface area contributed by atoms with E-state index in [0.717, 1.165) is 13.1 Å². The Kier molecular flexibility index (Phi) is 30.5. The van der Waals surface area contributed by atoms with Crippen molar-refractivity contribution in [3.63, 3.8) is 0 Å². The van der Waals surface area contributed by atoms with E-state index in [9.17, 15) is 0 Å². The molecule has 0 spiro atoms. The van der Waals surface area contributed by atoms with Gasteiger partial charge in [0.15, 0.2) is 0 Å². The van der Waals surface area contributed by atoms with Gasteiger partial charge in [0.25, 0.3) is 0 Å². The Balaban J connectivity index is -0.000000167. The second kappa shape index (κ2) is 23.7. The highest BCUT2D eigenvalue weighted by Crippen LogP contribution is 1.92. The van der Waals surface area contributed by atoms with Crippen molar-refractivity contribution in [1.29, 1.82) is 0 Å². The van der Waals surface area contributed by atoms with Gasteiger partial charge in [0.1, 0.15) is 0 Å². The summed E-state index contributed by atoms with van der Waals surface area (Å²) in [7, 11) is 1.88. The third-order valence-electron chi connectivity index (χ3n) is 1.33. The first kappa shape index (κ1) is 20.5. The zero-order chi connectivity index (χ0) is 13.2. The maximum absolute atomic E-state index is 5.08. The highest BCUT2D eigenvalue weighted by Gasteiger charge is 1.72. The van der Waals surface area contributed by atoms with Gasteiger partial charge in [0, 0.05) is 13.1 Å². The molecule has 0 fully saturated rings. The normalized spacial score (nSPS) is 7.19. The SMILES string of the molecule is CC.CC.CNCCN.Cc1ccccc1. The molecule has 2 nitrogen and oxygen atoms in total. The molecule has 0 aliphatic rings. The largest absolute Gasteiger partial charge is 0.329 e. The molecule has 1 aromatic carbocycles. The number of rotatable bonds is 2. The fourth-order valence-electron chi connectivity index (χ4n) is 0.679. The molecule has 2 heteroatoms. The minimum absolute atomic E-state index is 0.733. The van der Waals surface area contributed by atoms with Crippen LogP contribution in [0.3, 0.4) is 0 Å². The van der Waals surface area contributed by atoms with Crippen LogP contribution in [0, 0.1) is 6.92 Å². The predicted molar refractivity (Wildman–Crippen MR) is 76.9 cm³/mol. The van der Waals surface area contributed by atoms with Gasteiger partial charge in [-0.25, -0.2) is 0 Å². The van der Waals surface area contributed by atoms with Crippen LogP contribution in [0.2, 0.25) is 0 Å². The first-order chi connectivity index (χ1) is 7.81. The van der Waals surface area contributed by atoms with Gasteiger partial charge < -0.3 is 11.1 Å². The number of likely N-dealkylation sites (N-methyl/N-ethyl adjacent to an activating group) is 1. The molecular weight excluding hydrogens is 196 g/mol. The zero-order valence-corrected chi connectivity index (χ0v) is 11.9. The average Bonchev–Trinajstić information content (AvgIpc) is 2.37. The van der Waals surface area contributed by atoms with Crippen molar-refractivity contribution in [2.45, 2.75) is 34.6 Å². The van der Waals surface area contributed by atoms with E-state index >= 15 is 0 Å². The Morgan fingerprint density at radius 2 is 1.44 bits per heavy atom. The quantitative estimate of drug-likeness (QED) is 0.812. The lowest BCUT2D eigenvalue weighted by Crippen LogP contribution is -2.17. The van der Waals surface area contributed by atoms with Crippen molar-refractivity contribution in [2.75, 3.05) is 20.1 Å². The molecule has 0 aliphatic heterocycles. The van der Waals surface area contributed by atoms with Crippen LogP contribution in [0.25, 0.3) is 0 Å². The van der Waals surface area contributed by atoms with E-state index in [1.54, 1.807) is 0 Å². The molecule has 0 heterocycles. The minimum Gasteiger partial charge on any atom is -0.329 e. The molecule has 0 atom stereocenters. The van der Waals surface area contributed by atoms with Crippen LogP contribution >= 0.6 is 0 Å². The van der Waals surface area contributed by atoms with Gasteiger partial charge in [-0.1, -0.05) is 63.6 Å². The summed E-state index contributed by atoms with van der Waals surface area (Å²) in [5, 5.41) is 2.89. The van der Waals surface area contributed by atoms with Crippen molar-refractivity contribution in [1.82, 2.24) is 5.32 Å². The van der Waals surface area contributed by atoms with Crippen LogP contribution < -0.4 is 11.1 Å². The fraction of sp³-hybridized carbons (Fsp3) is 0.571. The van der Waals surface area contributed by atoms with Crippen LogP contribution in [0.1, 0.15) is 33.3 Å². The maximum Gasteiger partial charge on any atom is 0.00714 e. The molecule has 0 amide bonds. The van der Waals surface area contributed by atoms with Crippen LogP contribution in [-0.2, 0) is 0 Å². The Hall–Kier alpha value is -0.860. The second-order valence-corrected chi connectivity index (χ2v) is 2.55. The monoisotopic (exact) mass is 226 g/mol. The fourth-order valence-corrected chi connectivity index (χ4v) is 0.679. The lowest BCUT2D eigenvalue weighted by Gasteiger charge is -1.85. The molecule has 0 saturated carbocycles. The molecule has 0 aromatic heterocycles. The topological polar surface area (TPSA) is 38.0 Å². The molecule has 0 saturated heterocycles. The van der Waals surface area contributed by atoms with E-state index < -0.39 is 0 Å². The standard InChI is InChI=1S/C7H8.C3H10N2.2C2H6/c1-7-5-3-2-4-6-7;1-5-3-2-4;2*1-2/h2-6H,1H3;5H,2-4H2,1H3;2*1-2H3. The van der Waals surface area contributed by atoms with E-state index in [-0.39, 0.29) is 0 Å². The van der Waals surface area contributed by atoms with Gasteiger partial charge in [0.05, 0.1) is 0 Å². The predicted octanol–water partition coefficient (Wildman–Crippen LogP) is 3.21. The molecule has 3 N–H and O–H groups in total. The van der Waals surface area contributed by atoms with Gasteiger partial charge in [-0.05, 0) is 14.0 Å². The lowest BCUT2D eigenvalue weighted by molar-refractivity contribution is 0.802. The van der Waals surface area contributed by atoms with E-state index in [1.165, 1.54) is 5.56 Å². The molecule has 0 bridgehead atoms. The summed E-state index contributed by atoms with van der Waals surface area (Å²) in [5.41, 5.74) is 6.40. The minimum atomic E-state index is 0.733. The van der Waals surface area contributed by atoms with Crippen molar-refractivity contribution < 1.29 is 0 Å². The van der Waals surface area contributed by atoms with Crippen LogP contribution in [0.4, 0.5) is 0 Å². The number of hydrogen-bond acceptors (Lipinski definition) is 2. The van der Waals surface area contributed by atoms with Gasteiger partial charge in [-0.2, -0.15) is 0 Å². The first-order valence-corrected chi connectivity index (χ1v) is 6.17. The summed E-state index contributed by atoms with van der Waals surface area (Å²) in [6.45, 7) is 11.7. The molecule has 0 aliphatic carbocycles. The number of nitrogens with one attached hydrogen (secondary N) is 1. The molecule has 1 aromatic rings. The van der Waals surface area contributed by atoms with Crippen LogP contribution in [0.15, 0.2) is 30.3 Å². The first-order valence-electron chi connectivity index (χ1n) is 6.17. The van der Waals surface area contributed by atoms with Gasteiger partial charge in [0.2, 0.25) is 0 Å². The maximum atomic E-state index is 5.08. The summed E-state index contributed by atoms with van der Waals surface area (Å²) >= 11 is 0. The highest BCUT2D eigenvalue weighted by molar-refractivity contribution is 5.11. The van der Waals surface area contributed by atoms with E-state index in [4.69, 9.17) is 5.73 Å². The number of nitrogens with two attached hydrogens (primary N) is 1. The highest BCUT2D eigenvalue weighted by atomic mass is 14.8. The van der Waals surface area contributed by atoms with Crippen molar-refractivity contribution >= 4 is 0 Å². The van der Waals surface area contributed by atoms with Crippen molar-refractivity contribution in [3.05, 3.63) is 35.9 Å². The Labute approximate surface area is 102 Å². The third kappa shape index (κ3) is 23.2. The summed E-state index contributed by atoms with van der Waals surface area (Å²) in [6.07, 6.45) is 0. The Bertz CT molecular complexity index is 171. The molecular formula is C14H30N2. The van der Waals surface area contributed by atoms with Gasteiger partial charge in [-0.3, -0.25) is 0 Å². The van der Waals surface area contributed by atoms with Crippen molar-refractivity contribution in [2.24, 2.45) is 5.73 Å². The summed E-state index contributed by atoms with van der Waals surface area (Å²) in [5.74, 6) is 0. The second-order valence-electron chi connectivity index (χ2n) is 2.55. The molecule has 0 unspecified atom stereocenters. The lowest BCUT2D eigenvalue weighted by atomic mass is 10.2. The Morgan fingerprint density at radius 1 is 1.00 bits per heavy atom. The number of aryl methyl sites for hydroxylation is 1. The third-order valence-corrected chi connectivity index (χ3v) is 1.33. The van der Waals surface area contributed by atoms with E-state index in [1.807, 2.05) is 52.9 Å². The van der Waals surface area contributed by atoms with Gasteiger partial charge >= 0.3 is 0 Å². The number of benzene rings is 1. The molecule has 1 rings (SSSR count). The number of hydrogen-bond donors (Lipinski definition) is 2. The summed E-state index contributed by atoms with van der Waals surface area (Å²) in [4.78, 5) is 0. The summed E-state index contributed by atoms with van der Waals surface area (Å²) in [6, 6.07) is 10.3. The van der Waals surface area contributed by atoms with Crippen LogP contribution in [-0.4, -0.2) is 20.1 Å². The Morgan fingerprint density at radius 3 is 1.56 bits per heavy atom. The van der Waals surface area contributed by atoms with E-state index in [2.05, 4.69) is 24.4 Å². The molecule has 16 heavy (non-hydrogen) atoms. The average molecular weight is 226 g/mol. The molecule has 0 radical (unpaired) electrons. The molecule has 96 valence electrons. The van der Waals surface area contributed by atoms with Crippen LogP contribution in [0.5, 0.6) is 0 Å².